The van der Waals surface area contributed by atoms with Crippen LogP contribution in [-0.4, -0.2) is 42.8 Å². The molecule has 0 bridgehead atoms. The predicted octanol–water partition coefficient (Wildman–Crippen LogP) is 1.91. The lowest BCUT2D eigenvalue weighted by Gasteiger charge is -2.25. The molecule has 0 aliphatic carbocycles. The first-order valence-electron chi connectivity index (χ1n) is 8.25. The van der Waals surface area contributed by atoms with Crippen LogP contribution >= 0.6 is 0 Å². The fourth-order valence-corrected chi connectivity index (χ4v) is 2.60. The molecule has 2 amide bonds. The Balaban J connectivity index is 1.83. The number of alkyl halides is 3. The van der Waals surface area contributed by atoms with Gasteiger partial charge in [0.25, 0.3) is 0 Å². The number of hydrogen-bond donors (Lipinski definition) is 2. The summed E-state index contributed by atoms with van der Waals surface area (Å²) in [5.41, 5.74) is -0.244. The molecule has 1 saturated heterocycles. The van der Waals surface area contributed by atoms with Crippen LogP contribution in [0.25, 0.3) is 0 Å². The average Bonchev–Trinajstić information content (AvgIpc) is 2.59. The number of imide groups is 1. The zero-order valence-electron chi connectivity index (χ0n) is 14.4. The Morgan fingerprint density at radius 1 is 1.19 bits per heavy atom. The number of guanidine groups is 1. The second kappa shape index (κ2) is 8.68. The standard InChI is InChI=1S/C17H21F3N4O2/c1-21-16(22-8-9-24-14(25)6-3-7-15(24)26)23-11-12-4-2-5-13(10-12)17(18,19)20/h2,4-5,10H,3,6-9,11H2,1H3,(H2,21,22,23). The van der Waals surface area contributed by atoms with Crippen molar-refractivity contribution in [3.63, 3.8) is 0 Å². The van der Waals surface area contributed by atoms with Gasteiger partial charge in [0.05, 0.1) is 5.56 Å². The SMILES string of the molecule is CN=C(NCCN1C(=O)CCCC1=O)NCc1cccc(C(F)(F)F)c1. The zero-order valence-corrected chi connectivity index (χ0v) is 14.4. The van der Waals surface area contributed by atoms with Crippen LogP contribution in [0, 0.1) is 0 Å². The van der Waals surface area contributed by atoms with Crippen LogP contribution in [0.5, 0.6) is 0 Å². The van der Waals surface area contributed by atoms with E-state index in [0.29, 0.717) is 37.3 Å². The molecule has 0 aromatic heterocycles. The summed E-state index contributed by atoms with van der Waals surface area (Å²) in [5, 5.41) is 5.85. The summed E-state index contributed by atoms with van der Waals surface area (Å²) in [6.07, 6.45) is -3.06. The zero-order chi connectivity index (χ0) is 19.2. The monoisotopic (exact) mass is 370 g/mol. The van der Waals surface area contributed by atoms with Crippen molar-refractivity contribution in [1.29, 1.82) is 0 Å². The summed E-state index contributed by atoms with van der Waals surface area (Å²) in [7, 11) is 1.53. The molecule has 0 spiro atoms. The van der Waals surface area contributed by atoms with E-state index in [4.69, 9.17) is 0 Å². The number of carbonyl (C=O) groups excluding carboxylic acids is 2. The summed E-state index contributed by atoms with van der Waals surface area (Å²) in [6, 6.07) is 5.03. The number of halogens is 3. The molecule has 1 heterocycles. The third-order valence-electron chi connectivity index (χ3n) is 3.95. The van der Waals surface area contributed by atoms with Gasteiger partial charge in [0.2, 0.25) is 11.8 Å². The van der Waals surface area contributed by atoms with Crippen molar-refractivity contribution in [3.8, 4) is 0 Å². The number of aliphatic imine (C=N–C) groups is 1. The molecule has 26 heavy (non-hydrogen) atoms. The number of piperidine rings is 1. The van der Waals surface area contributed by atoms with E-state index in [0.717, 1.165) is 12.1 Å². The fraction of sp³-hybridized carbons (Fsp3) is 0.471. The molecule has 9 heteroatoms. The number of hydrogen-bond acceptors (Lipinski definition) is 3. The lowest BCUT2D eigenvalue weighted by atomic mass is 10.1. The van der Waals surface area contributed by atoms with Crippen LogP contribution < -0.4 is 10.6 Å². The van der Waals surface area contributed by atoms with E-state index in [2.05, 4.69) is 15.6 Å². The molecule has 0 atom stereocenters. The van der Waals surface area contributed by atoms with Gasteiger partial charge < -0.3 is 10.6 Å². The van der Waals surface area contributed by atoms with Crippen molar-refractivity contribution < 1.29 is 22.8 Å². The van der Waals surface area contributed by atoms with E-state index in [9.17, 15) is 22.8 Å². The van der Waals surface area contributed by atoms with Crippen LogP contribution in [0.15, 0.2) is 29.3 Å². The lowest BCUT2D eigenvalue weighted by Crippen LogP contribution is -2.46. The highest BCUT2D eigenvalue weighted by atomic mass is 19.4. The highest BCUT2D eigenvalue weighted by Gasteiger charge is 2.30. The highest BCUT2D eigenvalue weighted by molar-refractivity contribution is 5.97. The smallest absolute Gasteiger partial charge is 0.355 e. The molecule has 0 saturated carbocycles. The molecule has 0 unspecified atom stereocenters. The van der Waals surface area contributed by atoms with Crippen LogP contribution in [0.1, 0.15) is 30.4 Å². The fourth-order valence-electron chi connectivity index (χ4n) is 2.60. The summed E-state index contributed by atoms with van der Waals surface area (Å²) in [6.45, 7) is 0.687. The third kappa shape index (κ3) is 5.47. The molecule has 1 aromatic carbocycles. The minimum atomic E-state index is -4.39. The molecule has 1 aliphatic rings. The number of carbonyl (C=O) groups is 2. The summed E-state index contributed by atoms with van der Waals surface area (Å²) in [4.78, 5) is 28.6. The van der Waals surface area contributed by atoms with Gasteiger partial charge in [-0.1, -0.05) is 12.1 Å². The van der Waals surface area contributed by atoms with Crippen molar-refractivity contribution in [1.82, 2.24) is 15.5 Å². The number of nitrogens with zero attached hydrogens (tertiary/aromatic N) is 2. The van der Waals surface area contributed by atoms with Crippen molar-refractivity contribution in [2.75, 3.05) is 20.1 Å². The van der Waals surface area contributed by atoms with Gasteiger partial charge in [-0.05, 0) is 24.1 Å². The van der Waals surface area contributed by atoms with Crippen LogP contribution in [-0.2, 0) is 22.3 Å². The maximum Gasteiger partial charge on any atom is 0.416 e. The molecule has 142 valence electrons. The maximum absolute atomic E-state index is 12.7. The number of amides is 2. The Morgan fingerprint density at radius 2 is 1.88 bits per heavy atom. The van der Waals surface area contributed by atoms with E-state index in [1.54, 1.807) is 6.07 Å². The Bertz CT molecular complexity index is 673. The van der Waals surface area contributed by atoms with Crippen LogP contribution in [0.3, 0.4) is 0 Å². The van der Waals surface area contributed by atoms with Crippen molar-refractivity contribution in [2.24, 2.45) is 4.99 Å². The first-order valence-corrected chi connectivity index (χ1v) is 8.25. The van der Waals surface area contributed by atoms with Gasteiger partial charge in [0.1, 0.15) is 0 Å². The van der Waals surface area contributed by atoms with Crippen LogP contribution in [0.4, 0.5) is 13.2 Å². The minimum Gasteiger partial charge on any atom is -0.355 e. The van der Waals surface area contributed by atoms with Gasteiger partial charge in [0.15, 0.2) is 5.96 Å². The molecule has 2 rings (SSSR count). The molecular weight excluding hydrogens is 349 g/mol. The third-order valence-corrected chi connectivity index (χ3v) is 3.95. The Morgan fingerprint density at radius 3 is 2.50 bits per heavy atom. The minimum absolute atomic E-state index is 0.158. The average molecular weight is 370 g/mol. The number of benzene rings is 1. The van der Waals surface area contributed by atoms with Gasteiger partial charge >= 0.3 is 6.18 Å². The Kier molecular flexibility index (Phi) is 6.59. The second-order valence-electron chi connectivity index (χ2n) is 5.84. The van der Waals surface area contributed by atoms with E-state index in [1.165, 1.54) is 18.0 Å². The van der Waals surface area contributed by atoms with Gasteiger partial charge in [-0.25, -0.2) is 0 Å². The van der Waals surface area contributed by atoms with Crippen molar-refractivity contribution in [3.05, 3.63) is 35.4 Å². The van der Waals surface area contributed by atoms with Crippen molar-refractivity contribution in [2.45, 2.75) is 32.0 Å². The largest absolute Gasteiger partial charge is 0.416 e. The lowest BCUT2D eigenvalue weighted by molar-refractivity contribution is -0.147. The maximum atomic E-state index is 12.7. The number of nitrogens with one attached hydrogen (secondary N) is 2. The molecule has 0 radical (unpaired) electrons. The summed E-state index contributed by atoms with van der Waals surface area (Å²) < 4.78 is 38.2. The van der Waals surface area contributed by atoms with Gasteiger partial charge in [-0.15, -0.1) is 0 Å². The van der Waals surface area contributed by atoms with E-state index in [1.807, 2.05) is 0 Å². The topological polar surface area (TPSA) is 73.8 Å². The van der Waals surface area contributed by atoms with E-state index >= 15 is 0 Å². The quantitative estimate of drug-likeness (QED) is 0.472. The van der Waals surface area contributed by atoms with E-state index < -0.39 is 11.7 Å². The number of likely N-dealkylation sites (tertiary alicyclic amines) is 1. The first kappa shape index (κ1) is 19.7. The van der Waals surface area contributed by atoms with Crippen molar-refractivity contribution >= 4 is 17.8 Å². The molecule has 6 nitrogen and oxygen atoms in total. The van der Waals surface area contributed by atoms with Gasteiger partial charge in [-0.3, -0.25) is 19.5 Å². The Labute approximate surface area is 149 Å². The Hall–Kier alpha value is -2.58. The van der Waals surface area contributed by atoms with Gasteiger partial charge in [-0.2, -0.15) is 13.2 Å². The molecule has 1 aromatic rings. The normalized spacial score (nSPS) is 16.0. The first-order chi connectivity index (χ1) is 12.3. The summed E-state index contributed by atoms with van der Waals surface area (Å²) >= 11 is 0. The molecule has 1 aliphatic heterocycles. The molecule has 1 fully saturated rings. The summed E-state index contributed by atoms with van der Waals surface area (Å²) in [5.74, 6) is 0.00393. The van der Waals surface area contributed by atoms with Crippen LogP contribution in [0.2, 0.25) is 0 Å². The van der Waals surface area contributed by atoms with E-state index in [-0.39, 0.29) is 24.9 Å². The predicted molar refractivity (Wildman–Crippen MR) is 90.2 cm³/mol. The highest BCUT2D eigenvalue weighted by Crippen LogP contribution is 2.29. The molecular formula is C17H21F3N4O2. The number of rotatable bonds is 5. The second-order valence-corrected chi connectivity index (χ2v) is 5.84. The molecule has 2 N–H and O–H groups in total. The van der Waals surface area contributed by atoms with Gasteiger partial charge in [0, 0.05) is 39.5 Å².